The number of urea groups is 1. The maximum Gasteiger partial charge on any atom is 0.321 e. The Labute approximate surface area is 136 Å². The summed E-state index contributed by atoms with van der Waals surface area (Å²) in [5.41, 5.74) is 1.29. The van der Waals surface area contributed by atoms with Crippen LogP contribution in [0.3, 0.4) is 0 Å². The van der Waals surface area contributed by atoms with Gasteiger partial charge in [-0.2, -0.15) is 0 Å². The highest BCUT2D eigenvalue weighted by Crippen LogP contribution is 2.38. The van der Waals surface area contributed by atoms with Crippen molar-refractivity contribution in [2.75, 3.05) is 37.9 Å². The van der Waals surface area contributed by atoms with Crippen molar-refractivity contribution in [3.05, 3.63) is 23.8 Å². The molecule has 2 amide bonds. The summed E-state index contributed by atoms with van der Waals surface area (Å²) < 4.78 is 29.0. The van der Waals surface area contributed by atoms with Crippen LogP contribution < -0.4 is 5.32 Å². The molecule has 3 rings (SSSR count). The van der Waals surface area contributed by atoms with E-state index in [0.29, 0.717) is 24.3 Å². The molecular formula is C16H22N2O4S. The van der Waals surface area contributed by atoms with Crippen molar-refractivity contribution < 1.29 is 17.9 Å². The summed E-state index contributed by atoms with van der Waals surface area (Å²) >= 11 is 0. The van der Waals surface area contributed by atoms with Crippen molar-refractivity contribution in [3.63, 3.8) is 0 Å². The van der Waals surface area contributed by atoms with Gasteiger partial charge in [0, 0.05) is 37.1 Å². The Morgan fingerprint density at radius 3 is 2.78 bits per heavy atom. The first-order chi connectivity index (χ1) is 10.8. The molecule has 2 heterocycles. The summed E-state index contributed by atoms with van der Waals surface area (Å²) in [6.07, 6.45) is 3.13. The Morgan fingerprint density at radius 1 is 1.35 bits per heavy atom. The smallest absolute Gasteiger partial charge is 0.321 e. The van der Waals surface area contributed by atoms with E-state index >= 15 is 0 Å². The number of ether oxygens (including phenoxy) is 1. The number of sulfone groups is 1. The number of hydrogen-bond donors (Lipinski definition) is 1. The second-order valence-electron chi connectivity index (χ2n) is 6.66. The summed E-state index contributed by atoms with van der Waals surface area (Å²) in [6, 6.07) is 4.78. The van der Waals surface area contributed by atoms with E-state index in [4.69, 9.17) is 4.74 Å². The predicted molar refractivity (Wildman–Crippen MR) is 87.4 cm³/mol. The van der Waals surface area contributed by atoms with Crippen molar-refractivity contribution in [2.24, 2.45) is 5.41 Å². The molecule has 1 atom stereocenters. The number of benzene rings is 1. The second-order valence-corrected chi connectivity index (χ2v) is 8.64. The van der Waals surface area contributed by atoms with Crippen molar-refractivity contribution >= 4 is 21.6 Å². The van der Waals surface area contributed by atoms with Crippen LogP contribution in [0.15, 0.2) is 23.1 Å². The molecule has 2 aliphatic rings. The lowest BCUT2D eigenvalue weighted by molar-refractivity contribution is 0.154. The molecule has 2 saturated heterocycles. The molecule has 1 N–H and O–H groups in total. The van der Waals surface area contributed by atoms with E-state index in [2.05, 4.69) is 5.32 Å². The molecule has 23 heavy (non-hydrogen) atoms. The summed E-state index contributed by atoms with van der Waals surface area (Å²) in [4.78, 5) is 14.5. The number of carbonyl (C=O) groups excluding carboxylic acids is 1. The van der Waals surface area contributed by atoms with Gasteiger partial charge in [-0.05, 0) is 37.5 Å². The fourth-order valence-corrected chi connectivity index (χ4v) is 4.35. The monoisotopic (exact) mass is 338 g/mol. The lowest BCUT2D eigenvalue weighted by Crippen LogP contribution is -2.35. The van der Waals surface area contributed by atoms with Gasteiger partial charge in [0.05, 0.1) is 11.5 Å². The number of anilines is 1. The molecular weight excluding hydrogens is 316 g/mol. The molecule has 2 fully saturated rings. The van der Waals surface area contributed by atoms with Crippen LogP contribution >= 0.6 is 0 Å². The summed E-state index contributed by atoms with van der Waals surface area (Å²) in [6.45, 7) is 4.64. The summed E-state index contributed by atoms with van der Waals surface area (Å²) in [5, 5.41) is 2.81. The lowest BCUT2D eigenvalue weighted by atomic mass is 9.87. The van der Waals surface area contributed by atoms with Crippen molar-refractivity contribution in [2.45, 2.75) is 24.7 Å². The Hall–Kier alpha value is -1.60. The van der Waals surface area contributed by atoms with Gasteiger partial charge in [-0.3, -0.25) is 0 Å². The van der Waals surface area contributed by atoms with Gasteiger partial charge in [-0.25, -0.2) is 13.2 Å². The molecule has 6 nitrogen and oxygen atoms in total. The fourth-order valence-electron chi connectivity index (χ4n) is 3.36. The Morgan fingerprint density at radius 2 is 2.13 bits per heavy atom. The number of nitrogens with one attached hydrogen (secondary N) is 1. The number of hydrogen-bond acceptors (Lipinski definition) is 4. The molecule has 0 bridgehead atoms. The van der Waals surface area contributed by atoms with Crippen LogP contribution in [-0.2, 0) is 14.6 Å². The first kappa shape index (κ1) is 16.3. The largest absolute Gasteiger partial charge is 0.381 e. The second kappa shape index (κ2) is 5.79. The van der Waals surface area contributed by atoms with Gasteiger partial charge in [0.1, 0.15) is 0 Å². The topological polar surface area (TPSA) is 75.7 Å². The molecule has 126 valence electrons. The van der Waals surface area contributed by atoms with Crippen LogP contribution in [0.4, 0.5) is 10.5 Å². The van der Waals surface area contributed by atoms with Crippen LogP contribution in [0.25, 0.3) is 0 Å². The van der Waals surface area contributed by atoms with E-state index in [0.717, 1.165) is 26.1 Å². The Balaban J connectivity index is 1.71. The van der Waals surface area contributed by atoms with Gasteiger partial charge in [0.2, 0.25) is 0 Å². The fraction of sp³-hybridized carbons (Fsp3) is 0.562. The minimum absolute atomic E-state index is 0.114. The minimum Gasteiger partial charge on any atom is -0.381 e. The van der Waals surface area contributed by atoms with E-state index in [-0.39, 0.29) is 16.3 Å². The molecule has 1 aromatic carbocycles. The van der Waals surface area contributed by atoms with E-state index < -0.39 is 9.84 Å². The van der Waals surface area contributed by atoms with Crippen LogP contribution in [0.5, 0.6) is 0 Å². The third kappa shape index (κ3) is 3.35. The molecule has 7 heteroatoms. The quantitative estimate of drug-likeness (QED) is 0.895. The first-order valence-electron chi connectivity index (χ1n) is 7.74. The first-order valence-corrected chi connectivity index (χ1v) is 9.63. The van der Waals surface area contributed by atoms with Crippen molar-refractivity contribution in [1.29, 1.82) is 0 Å². The average molecular weight is 338 g/mol. The zero-order valence-electron chi connectivity index (χ0n) is 13.5. The maximum atomic E-state index is 12.4. The van der Waals surface area contributed by atoms with E-state index in [1.54, 1.807) is 24.0 Å². The Bertz CT molecular complexity index is 724. The molecule has 0 radical (unpaired) electrons. The zero-order valence-corrected chi connectivity index (χ0v) is 14.3. The third-order valence-electron chi connectivity index (χ3n) is 4.75. The number of rotatable bonds is 2. The minimum atomic E-state index is -3.31. The van der Waals surface area contributed by atoms with Crippen LogP contribution in [0, 0.1) is 12.3 Å². The van der Waals surface area contributed by atoms with Crippen molar-refractivity contribution in [3.8, 4) is 0 Å². The standard InChI is InChI=1S/C16H22N2O4S/c1-12-3-4-13(9-14(12)23(2,20)21)17-15(19)18-7-5-16(10-18)6-8-22-11-16/h3-4,9H,5-8,10-11H2,1-2H3,(H,17,19)/t16-/m0/s1. The van der Waals surface area contributed by atoms with Gasteiger partial charge >= 0.3 is 6.03 Å². The number of carbonyl (C=O) groups is 1. The van der Waals surface area contributed by atoms with Gasteiger partial charge in [0.25, 0.3) is 0 Å². The zero-order chi connectivity index (χ0) is 16.7. The maximum absolute atomic E-state index is 12.4. The molecule has 1 aromatic rings. The number of likely N-dealkylation sites (tertiary alicyclic amines) is 1. The van der Waals surface area contributed by atoms with Crippen molar-refractivity contribution in [1.82, 2.24) is 4.90 Å². The van der Waals surface area contributed by atoms with Gasteiger partial charge in [-0.1, -0.05) is 6.07 Å². The summed E-state index contributed by atoms with van der Waals surface area (Å²) in [5.74, 6) is 0. The molecule has 1 spiro atoms. The van der Waals surface area contributed by atoms with Gasteiger partial charge < -0.3 is 15.0 Å². The molecule has 0 aromatic heterocycles. The highest BCUT2D eigenvalue weighted by molar-refractivity contribution is 7.90. The molecule has 0 aliphatic carbocycles. The van der Waals surface area contributed by atoms with E-state index in [1.165, 1.54) is 12.3 Å². The van der Waals surface area contributed by atoms with Gasteiger partial charge in [0.15, 0.2) is 9.84 Å². The molecule has 0 unspecified atom stereocenters. The summed E-state index contributed by atoms with van der Waals surface area (Å²) in [7, 11) is -3.31. The highest BCUT2D eigenvalue weighted by Gasteiger charge is 2.42. The number of aryl methyl sites for hydroxylation is 1. The SMILES string of the molecule is Cc1ccc(NC(=O)N2CC[C@]3(CCOC3)C2)cc1S(C)(=O)=O. The van der Waals surface area contributed by atoms with E-state index in [9.17, 15) is 13.2 Å². The predicted octanol–water partition coefficient (Wildman–Crippen LogP) is 2.04. The van der Waals surface area contributed by atoms with Crippen LogP contribution in [0.2, 0.25) is 0 Å². The third-order valence-corrected chi connectivity index (χ3v) is 5.99. The number of amides is 2. The highest BCUT2D eigenvalue weighted by atomic mass is 32.2. The van der Waals surface area contributed by atoms with E-state index in [1.807, 2.05) is 0 Å². The van der Waals surface area contributed by atoms with Gasteiger partial charge in [-0.15, -0.1) is 0 Å². The number of nitrogens with zero attached hydrogens (tertiary/aromatic N) is 1. The molecule has 0 saturated carbocycles. The van der Waals surface area contributed by atoms with Crippen LogP contribution in [-0.4, -0.2) is 51.9 Å². The van der Waals surface area contributed by atoms with Crippen LogP contribution in [0.1, 0.15) is 18.4 Å². The molecule has 2 aliphatic heterocycles. The normalized spacial score (nSPS) is 24.3. The lowest BCUT2D eigenvalue weighted by Gasteiger charge is -2.22. The average Bonchev–Trinajstić information content (AvgIpc) is 3.10. The Kier molecular flexibility index (Phi) is 4.10.